The van der Waals surface area contributed by atoms with Crippen LogP contribution in [0.5, 0.6) is 0 Å². The number of nitrogens with one attached hydrogen (secondary N) is 1. The van der Waals surface area contributed by atoms with Crippen LogP contribution in [0.15, 0.2) is 54.9 Å². The van der Waals surface area contributed by atoms with Gasteiger partial charge >= 0.3 is 0 Å². The van der Waals surface area contributed by atoms with Crippen molar-refractivity contribution in [2.24, 2.45) is 0 Å². The molecule has 4 aromatic rings. The minimum absolute atomic E-state index is 0.107. The number of aryl methyl sites for hydroxylation is 1. The molecule has 10 heteroatoms. The van der Waals surface area contributed by atoms with Gasteiger partial charge < -0.3 is 9.88 Å². The molecule has 0 spiro atoms. The second-order valence-electron chi connectivity index (χ2n) is 8.45. The number of halogens is 2. The highest BCUT2D eigenvalue weighted by atomic mass is 32.2. The SMILES string of the molecule is Cc1cc(Nc2ncc3ccn(-c4ccc(CN5CCS(=O)(=O)CC5)c(F)c4)c3n2)ccc1F. The molecular weight excluding hydrogens is 460 g/mol. The van der Waals surface area contributed by atoms with E-state index in [1.807, 2.05) is 17.0 Å². The van der Waals surface area contributed by atoms with Gasteiger partial charge in [0.2, 0.25) is 5.95 Å². The maximum Gasteiger partial charge on any atom is 0.229 e. The minimum Gasteiger partial charge on any atom is -0.324 e. The lowest BCUT2D eigenvalue weighted by molar-refractivity contribution is 0.283. The molecule has 0 radical (unpaired) electrons. The predicted molar refractivity (Wildman–Crippen MR) is 127 cm³/mol. The first kappa shape index (κ1) is 22.4. The minimum atomic E-state index is -2.98. The van der Waals surface area contributed by atoms with Crippen molar-refractivity contribution in [3.63, 3.8) is 0 Å². The van der Waals surface area contributed by atoms with Crippen molar-refractivity contribution >= 4 is 32.5 Å². The Labute approximate surface area is 196 Å². The molecule has 1 N–H and O–H groups in total. The van der Waals surface area contributed by atoms with Crippen LogP contribution in [0.1, 0.15) is 11.1 Å². The molecule has 0 amide bonds. The van der Waals surface area contributed by atoms with Gasteiger partial charge in [0.05, 0.1) is 11.5 Å². The first-order chi connectivity index (χ1) is 16.3. The molecule has 3 heterocycles. The third kappa shape index (κ3) is 4.64. The molecule has 0 saturated carbocycles. The topological polar surface area (TPSA) is 80.1 Å². The highest BCUT2D eigenvalue weighted by Gasteiger charge is 2.22. The summed E-state index contributed by atoms with van der Waals surface area (Å²) in [6.07, 6.45) is 3.47. The van der Waals surface area contributed by atoms with Crippen LogP contribution in [0.3, 0.4) is 0 Å². The summed E-state index contributed by atoms with van der Waals surface area (Å²) >= 11 is 0. The van der Waals surface area contributed by atoms with Gasteiger partial charge in [0, 0.05) is 54.4 Å². The fraction of sp³-hybridized carbons (Fsp3) is 0.250. The van der Waals surface area contributed by atoms with Crippen LogP contribution < -0.4 is 5.32 Å². The summed E-state index contributed by atoms with van der Waals surface area (Å²) in [6.45, 7) is 2.86. The number of benzene rings is 2. The fourth-order valence-corrected chi connectivity index (χ4v) is 5.28. The Morgan fingerprint density at radius 2 is 1.82 bits per heavy atom. The third-order valence-corrected chi connectivity index (χ3v) is 7.60. The monoisotopic (exact) mass is 483 g/mol. The Morgan fingerprint density at radius 1 is 1.03 bits per heavy atom. The lowest BCUT2D eigenvalue weighted by atomic mass is 10.1. The van der Waals surface area contributed by atoms with E-state index < -0.39 is 9.84 Å². The van der Waals surface area contributed by atoms with Gasteiger partial charge in [0.15, 0.2) is 9.84 Å². The van der Waals surface area contributed by atoms with Crippen molar-refractivity contribution in [3.8, 4) is 5.69 Å². The number of aromatic nitrogens is 3. The Morgan fingerprint density at radius 3 is 2.56 bits per heavy atom. The number of sulfone groups is 1. The second-order valence-corrected chi connectivity index (χ2v) is 10.8. The van der Waals surface area contributed by atoms with Crippen molar-refractivity contribution < 1.29 is 17.2 Å². The van der Waals surface area contributed by atoms with Gasteiger partial charge in [-0.1, -0.05) is 6.07 Å². The zero-order valence-corrected chi connectivity index (χ0v) is 19.3. The summed E-state index contributed by atoms with van der Waals surface area (Å²) in [5.74, 6) is -0.0882. The van der Waals surface area contributed by atoms with E-state index in [4.69, 9.17) is 0 Å². The van der Waals surface area contributed by atoms with E-state index in [1.54, 1.807) is 42.1 Å². The van der Waals surface area contributed by atoms with Crippen LogP contribution >= 0.6 is 0 Å². The molecule has 0 unspecified atom stereocenters. The number of hydrogen-bond acceptors (Lipinski definition) is 6. The third-order valence-electron chi connectivity index (χ3n) is 5.99. The quantitative estimate of drug-likeness (QED) is 0.463. The average Bonchev–Trinajstić information content (AvgIpc) is 3.22. The Balaban J connectivity index is 1.38. The van der Waals surface area contributed by atoms with Crippen molar-refractivity contribution in [3.05, 3.63) is 77.6 Å². The zero-order valence-electron chi connectivity index (χ0n) is 18.5. The lowest BCUT2D eigenvalue weighted by Crippen LogP contribution is -2.39. The number of nitrogens with zero attached hydrogens (tertiary/aromatic N) is 4. The summed E-state index contributed by atoms with van der Waals surface area (Å²) in [6, 6.07) is 11.5. The first-order valence-corrected chi connectivity index (χ1v) is 12.7. The summed E-state index contributed by atoms with van der Waals surface area (Å²) < 4.78 is 53.5. The molecule has 34 heavy (non-hydrogen) atoms. The smallest absolute Gasteiger partial charge is 0.229 e. The van der Waals surface area contributed by atoms with Crippen LogP contribution in [-0.2, 0) is 16.4 Å². The van der Waals surface area contributed by atoms with Crippen molar-refractivity contribution in [2.45, 2.75) is 13.5 Å². The van der Waals surface area contributed by atoms with E-state index in [1.165, 1.54) is 12.1 Å². The normalized spacial score (nSPS) is 16.1. The van der Waals surface area contributed by atoms with E-state index in [-0.39, 0.29) is 23.1 Å². The van der Waals surface area contributed by atoms with E-state index in [0.717, 1.165) is 5.39 Å². The molecule has 176 valence electrons. The predicted octanol–water partition coefficient (Wildman–Crippen LogP) is 3.98. The van der Waals surface area contributed by atoms with Gasteiger partial charge in [-0.05, 0) is 48.9 Å². The second kappa shape index (κ2) is 8.77. The first-order valence-electron chi connectivity index (χ1n) is 10.9. The Hall–Kier alpha value is -3.37. The number of rotatable bonds is 5. The van der Waals surface area contributed by atoms with Gasteiger partial charge in [0.25, 0.3) is 0 Å². The largest absolute Gasteiger partial charge is 0.324 e. The van der Waals surface area contributed by atoms with Crippen LogP contribution in [-0.4, -0.2) is 52.4 Å². The highest BCUT2D eigenvalue weighted by molar-refractivity contribution is 7.91. The molecule has 0 bridgehead atoms. The number of hydrogen-bond donors (Lipinski definition) is 1. The molecule has 7 nitrogen and oxygen atoms in total. The molecule has 2 aromatic carbocycles. The number of anilines is 2. The fourth-order valence-electron chi connectivity index (χ4n) is 4.00. The zero-order chi connectivity index (χ0) is 23.9. The highest BCUT2D eigenvalue weighted by Crippen LogP contribution is 2.24. The molecule has 1 aliphatic heterocycles. The summed E-state index contributed by atoms with van der Waals surface area (Å²) in [5, 5.41) is 3.87. The standard InChI is InChI=1S/C24H23F2N5O2S/c1-16-12-19(3-5-21(16)25)28-24-27-14-17-6-7-31(23(17)29-24)20-4-2-18(22(26)13-20)15-30-8-10-34(32,33)11-9-30/h2-7,12-14H,8-11,15H2,1H3,(H,27,28,29). The molecule has 1 aliphatic rings. The molecule has 0 atom stereocenters. The van der Waals surface area contributed by atoms with Crippen molar-refractivity contribution in [2.75, 3.05) is 29.9 Å². The van der Waals surface area contributed by atoms with Crippen LogP contribution in [0.4, 0.5) is 20.4 Å². The van der Waals surface area contributed by atoms with E-state index >= 15 is 0 Å². The van der Waals surface area contributed by atoms with Gasteiger partial charge in [-0.3, -0.25) is 4.90 Å². The summed E-state index contributed by atoms with van der Waals surface area (Å²) in [7, 11) is -2.98. The van der Waals surface area contributed by atoms with Crippen LogP contribution in [0.2, 0.25) is 0 Å². The molecule has 1 fully saturated rings. The van der Waals surface area contributed by atoms with Crippen LogP contribution in [0, 0.1) is 18.6 Å². The van der Waals surface area contributed by atoms with Gasteiger partial charge in [-0.2, -0.15) is 4.98 Å². The maximum atomic E-state index is 15.0. The van der Waals surface area contributed by atoms with Crippen molar-refractivity contribution in [1.82, 2.24) is 19.4 Å². The Kier molecular flexibility index (Phi) is 5.78. The Bertz CT molecular complexity index is 1470. The molecular formula is C24H23F2N5O2S. The molecule has 2 aromatic heterocycles. The van der Waals surface area contributed by atoms with Gasteiger partial charge in [0.1, 0.15) is 17.3 Å². The molecule has 1 saturated heterocycles. The van der Waals surface area contributed by atoms with Crippen molar-refractivity contribution in [1.29, 1.82) is 0 Å². The maximum absolute atomic E-state index is 15.0. The van der Waals surface area contributed by atoms with E-state index in [0.29, 0.717) is 53.7 Å². The number of fused-ring (bicyclic) bond motifs is 1. The van der Waals surface area contributed by atoms with E-state index in [9.17, 15) is 17.2 Å². The molecule has 5 rings (SSSR count). The summed E-state index contributed by atoms with van der Waals surface area (Å²) in [4.78, 5) is 10.8. The summed E-state index contributed by atoms with van der Waals surface area (Å²) in [5.41, 5.74) is 2.90. The average molecular weight is 484 g/mol. The lowest BCUT2D eigenvalue weighted by Gasteiger charge is -2.26. The molecule has 0 aliphatic carbocycles. The van der Waals surface area contributed by atoms with Gasteiger partial charge in [-0.15, -0.1) is 0 Å². The van der Waals surface area contributed by atoms with E-state index in [2.05, 4.69) is 15.3 Å². The van der Waals surface area contributed by atoms with Crippen LogP contribution in [0.25, 0.3) is 16.7 Å². The van der Waals surface area contributed by atoms with Gasteiger partial charge in [-0.25, -0.2) is 22.2 Å².